The van der Waals surface area contributed by atoms with Crippen LogP contribution >= 0.6 is 11.6 Å². The van der Waals surface area contributed by atoms with Gasteiger partial charge in [0.15, 0.2) is 11.5 Å². The molecule has 0 aliphatic heterocycles. The molecule has 1 N–H and O–H groups in total. The number of rotatable bonds is 14. The number of ether oxygens (including phenoxy) is 2. The van der Waals surface area contributed by atoms with Gasteiger partial charge in [0, 0.05) is 24.5 Å². The van der Waals surface area contributed by atoms with E-state index in [1.54, 1.807) is 24.0 Å². The molecule has 2 rings (SSSR count). The lowest BCUT2D eigenvalue weighted by molar-refractivity contribution is -0.140. The van der Waals surface area contributed by atoms with Crippen LogP contribution in [-0.2, 0) is 22.6 Å². The Kier molecular flexibility index (Phi) is 11.7. The van der Waals surface area contributed by atoms with Crippen LogP contribution in [-0.4, -0.2) is 42.5 Å². The third-order valence-corrected chi connectivity index (χ3v) is 5.75. The molecule has 0 fully saturated rings. The van der Waals surface area contributed by atoms with Gasteiger partial charge in [-0.1, -0.05) is 43.1 Å². The summed E-state index contributed by atoms with van der Waals surface area (Å²) in [6.45, 7) is 9.73. The fraction of sp³-hybridized carbons (Fsp3) is 0.481. The predicted molar refractivity (Wildman–Crippen MR) is 136 cm³/mol. The second-order valence-electron chi connectivity index (χ2n) is 8.12. The minimum Gasteiger partial charge on any atom is -0.490 e. The summed E-state index contributed by atoms with van der Waals surface area (Å²) in [6.07, 6.45) is 2.71. The number of hydrogen-bond donors (Lipinski definition) is 1. The Morgan fingerprint density at radius 3 is 2.26 bits per heavy atom. The van der Waals surface area contributed by atoms with Crippen LogP contribution in [0, 0.1) is 0 Å². The van der Waals surface area contributed by atoms with E-state index in [-0.39, 0.29) is 18.2 Å². The van der Waals surface area contributed by atoms with Crippen LogP contribution in [0.4, 0.5) is 0 Å². The highest BCUT2D eigenvalue weighted by atomic mass is 35.5. The van der Waals surface area contributed by atoms with Gasteiger partial charge >= 0.3 is 0 Å². The van der Waals surface area contributed by atoms with Gasteiger partial charge in [-0.15, -0.1) is 0 Å². The number of halogens is 1. The van der Waals surface area contributed by atoms with E-state index in [1.165, 1.54) is 0 Å². The standard InChI is InChI=1S/C27H37ClN2O4/c1-5-8-17-29-27(32)20(4)30(19-22-9-13-23(28)14-10-22)26(31)16-12-21-11-15-24(33-6-2)25(18-21)34-7-3/h9-11,13-15,18,20H,5-8,12,16-17,19H2,1-4H3,(H,29,32). The van der Waals surface area contributed by atoms with E-state index in [0.29, 0.717) is 49.2 Å². The maximum absolute atomic E-state index is 13.3. The molecule has 6 nitrogen and oxygen atoms in total. The smallest absolute Gasteiger partial charge is 0.242 e. The molecular weight excluding hydrogens is 452 g/mol. The number of nitrogens with one attached hydrogen (secondary N) is 1. The van der Waals surface area contributed by atoms with Gasteiger partial charge in [0.25, 0.3) is 0 Å². The summed E-state index contributed by atoms with van der Waals surface area (Å²) in [5.41, 5.74) is 1.90. The van der Waals surface area contributed by atoms with Crippen LogP contribution in [0.2, 0.25) is 5.02 Å². The fourth-order valence-electron chi connectivity index (χ4n) is 3.55. The second kappa shape index (κ2) is 14.5. The molecule has 0 spiro atoms. The minimum atomic E-state index is -0.584. The molecule has 186 valence electrons. The molecule has 2 aromatic carbocycles. The molecule has 0 aliphatic rings. The number of carbonyl (C=O) groups is 2. The van der Waals surface area contributed by atoms with Crippen molar-refractivity contribution in [2.45, 2.75) is 66.0 Å². The van der Waals surface area contributed by atoms with E-state index in [9.17, 15) is 9.59 Å². The monoisotopic (exact) mass is 488 g/mol. The average Bonchev–Trinajstić information content (AvgIpc) is 2.83. The maximum Gasteiger partial charge on any atom is 0.242 e. The molecule has 0 radical (unpaired) electrons. The zero-order valence-corrected chi connectivity index (χ0v) is 21.5. The van der Waals surface area contributed by atoms with Crippen molar-refractivity contribution in [2.24, 2.45) is 0 Å². The summed E-state index contributed by atoms with van der Waals surface area (Å²) in [6, 6.07) is 12.5. The molecule has 0 saturated carbocycles. The molecule has 2 aromatic rings. The number of aryl methyl sites for hydroxylation is 1. The summed E-state index contributed by atoms with van der Waals surface area (Å²) in [7, 11) is 0. The fourth-order valence-corrected chi connectivity index (χ4v) is 3.68. The molecule has 2 amide bonds. The van der Waals surface area contributed by atoms with Gasteiger partial charge in [0.1, 0.15) is 6.04 Å². The summed E-state index contributed by atoms with van der Waals surface area (Å²) < 4.78 is 11.3. The number of nitrogens with zero attached hydrogens (tertiary/aromatic N) is 1. The summed E-state index contributed by atoms with van der Waals surface area (Å²) >= 11 is 6.01. The van der Waals surface area contributed by atoms with E-state index in [2.05, 4.69) is 12.2 Å². The molecule has 0 saturated heterocycles. The highest BCUT2D eigenvalue weighted by Gasteiger charge is 2.25. The zero-order valence-electron chi connectivity index (χ0n) is 20.7. The van der Waals surface area contributed by atoms with Gasteiger partial charge in [0.2, 0.25) is 11.8 Å². The Bertz CT molecular complexity index is 917. The van der Waals surface area contributed by atoms with Gasteiger partial charge in [-0.25, -0.2) is 0 Å². The maximum atomic E-state index is 13.3. The molecule has 0 bridgehead atoms. The average molecular weight is 489 g/mol. The SMILES string of the molecule is CCCCNC(=O)C(C)N(Cc1ccc(Cl)cc1)C(=O)CCc1ccc(OCC)c(OCC)c1. The number of benzene rings is 2. The topological polar surface area (TPSA) is 67.9 Å². The molecule has 0 aromatic heterocycles. The lowest BCUT2D eigenvalue weighted by Gasteiger charge is -2.29. The van der Waals surface area contributed by atoms with E-state index >= 15 is 0 Å². The third-order valence-electron chi connectivity index (χ3n) is 5.50. The third kappa shape index (κ3) is 8.56. The minimum absolute atomic E-state index is 0.0834. The number of unbranched alkanes of at least 4 members (excludes halogenated alkanes) is 1. The Balaban J connectivity index is 2.14. The van der Waals surface area contributed by atoms with Gasteiger partial charge in [-0.3, -0.25) is 9.59 Å². The predicted octanol–water partition coefficient (Wildman–Crippen LogP) is 5.40. The first-order chi connectivity index (χ1) is 16.4. The van der Waals surface area contributed by atoms with Crippen molar-refractivity contribution < 1.29 is 19.1 Å². The van der Waals surface area contributed by atoms with Crippen LogP contribution < -0.4 is 14.8 Å². The highest BCUT2D eigenvalue weighted by molar-refractivity contribution is 6.30. The van der Waals surface area contributed by atoms with Crippen molar-refractivity contribution in [3.05, 3.63) is 58.6 Å². The van der Waals surface area contributed by atoms with Crippen molar-refractivity contribution in [1.29, 1.82) is 0 Å². The van der Waals surface area contributed by atoms with Crippen LogP contribution in [0.5, 0.6) is 11.5 Å². The highest BCUT2D eigenvalue weighted by Crippen LogP contribution is 2.29. The summed E-state index contributed by atoms with van der Waals surface area (Å²) in [5.74, 6) is 1.15. The molecule has 7 heteroatoms. The molecular formula is C27H37ClN2O4. The van der Waals surface area contributed by atoms with E-state index < -0.39 is 6.04 Å². The molecule has 1 atom stereocenters. The van der Waals surface area contributed by atoms with E-state index in [4.69, 9.17) is 21.1 Å². The van der Waals surface area contributed by atoms with Crippen molar-refractivity contribution in [3.8, 4) is 11.5 Å². The number of hydrogen-bond acceptors (Lipinski definition) is 4. The Morgan fingerprint density at radius 1 is 0.971 bits per heavy atom. The lowest BCUT2D eigenvalue weighted by Crippen LogP contribution is -2.47. The van der Waals surface area contributed by atoms with Crippen molar-refractivity contribution in [3.63, 3.8) is 0 Å². The zero-order chi connectivity index (χ0) is 24.9. The molecule has 0 aliphatic carbocycles. The summed E-state index contributed by atoms with van der Waals surface area (Å²) in [4.78, 5) is 27.7. The largest absolute Gasteiger partial charge is 0.490 e. The Hall–Kier alpha value is -2.73. The first kappa shape index (κ1) is 27.5. The Labute approximate surface area is 208 Å². The molecule has 0 heterocycles. The van der Waals surface area contributed by atoms with Crippen molar-refractivity contribution in [2.75, 3.05) is 19.8 Å². The van der Waals surface area contributed by atoms with Crippen LogP contribution in [0.15, 0.2) is 42.5 Å². The number of carbonyl (C=O) groups excluding carboxylic acids is 2. The normalized spacial score (nSPS) is 11.6. The van der Waals surface area contributed by atoms with Crippen LogP contribution in [0.25, 0.3) is 0 Å². The van der Waals surface area contributed by atoms with Crippen LogP contribution in [0.1, 0.15) is 58.1 Å². The number of amides is 2. The van der Waals surface area contributed by atoms with Gasteiger partial charge in [0.05, 0.1) is 13.2 Å². The van der Waals surface area contributed by atoms with Crippen molar-refractivity contribution in [1.82, 2.24) is 10.2 Å². The van der Waals surface area contributed by atoms with Gasteiger partial charge in [-0.2, -0.15) is 0 Å². The summed E-state index contributed by atoms with van der Waals surface area (Å²) in [5, 5.41) is 3.57. The first-order valence-electron chi connectivity index (χ1n) is 12.1. The second-order valence-corrected chi connectivity index (χ2v) is 8.55. The van der Waals surface area contributed by atoms with E-state index in [0.717, 1.165) is 24.0 Å². The van der Waals surface area contributed by atoms with Crippen LogP contribution in [0.3, 0.4) is 0 Å². The van der Waals surface area contributed by atoms with Gasteiger partial charge < -0.3 is 19.7 Å². The Morgan fingerprint density at radius 2 is 1.62 bits per heavy atom. The van der Waals surface area contributed by atoms with Crippen molar-refractivity contribution >= 4 is 23.4 Å². The first-order valence-corrected chi connectivity index (χ1v) is 12.5. The molecule has 34 heavy (non-hydrogen) atoms. The molecule has 1 unspecified atom stereocenters. The van der Waals surface area contributed by atoms with Gasteiger partial charge in [-0.05, 0) is 69.0 Å². The lowest BCUT2D eigenvalue weighted by atomic mass is 10.1. The van der Waals surface area contributed by atoms with E-state index in [1.807, 2.05) is 44.2 Å². The quantitative estimate of drug-likeness (QED) is 0.361.